The summed E-state index contributed by atoms with van der Waals surface area (Å²) in [7, 11) is 6.05. The summed E-state index contributed by atoms with van der Waals surface area (Å²) >= 11 is 8.40. The number of hydrogen-bond donors (Lipinski definition) is 6. The maximum Gasteiger partial charge on any atom is 0.327 e. The van der Waals surface area contributed by atoms with Crippen LogP contribution in [0, 0.1) is 5.92 Å². The van der Waals surface area contributed by atoms with Gasteiger partial charge < -0.3 is 20.8 Å². The Morgan fingerprint density at radius 3 is 1.61 bits per heavy atom. The van der Waals surface area contributed by atoms with Gasteiger partial charge >= 0.3 is 11.9 Å². The van der Waals surface area contributed by atoms with Crippen molar-refractivity contribution >= 4 is 92.2 Å². The first kappa shape index (κ1) is 38.0. The van der Waals surface area contributed by atoms with Crippen molar-refractivity contribution in [1.82, 2.24) is 10.6 Å². The van der Waals surface area contributed by atoms with E-state index in [2.05, 4.69) is 49.7 Å². The first-order valence-corrected chi connectivity index (χ1v) is 18.3. The minimum Gasteiger partial charge on any atom is -0.480 e. The third-order valence-electron chi connectivity index (χ3n) is 5.16. The molecule has 0 saturated carbocycles. The molecule has 0 heterocycles. The molecule has 0 aromatic heterocycles. The van der Waals surface area contributed by atoms with Crippen LogP contribution in [-0.4, -0.2) is 78.1 Å². The fourth-order valence-electron chi connectivity index (χ4n) is 2.74. The van der Waals surface area contributed by atoms with Gasteiger partial charge in [0, 0.05) is 22.5 Å². The second-order valence-electron chi connectivity index (χ2n) is 10.4. The van der Waals surface area contributed by atoms with Crippen LogP contribution < -0.4 is 10.6 Å². The predicted octanol–water partition coefficient (Wildman–Crippen LogP) is 5.28. The van der Waals surface area contributed by atoms with Gasteiger partial charge in [0.1, 0.15) is 12.1 Å². The van der Waals surface area contributed by atoms with Crippen LogP contribution in [-0.2, 0) is 19.2 Å². The first-order chi connectivity index (χ1) is 17.4. The zero-order chi connectivity index (χ0) is 29.5. The predicted molar refractivity (Wildman–Crippen MR) is 172 cm³/mol. The topological polar surface area (TPSA) is 133 Å². The number of carboxylic acid groups (broad SMARTS) is 2. The minimum atomic E-state index is -1.08. The summed E-state index contributed by atoms with van der Waals surface area (Å²) in [4.78, 5) is 47.4. The summed E-state index contributed by atoms with van der Waals surface area (Å²) in [6.07, 6.45) is 5.24. The fraction of sp³-hybridized carbons (Fsp3) is 0.833. The Balaban J connectivity index is 4.79. The lowest BCUT2D eigenvalue weighted by Crippen LogP contribution is -2.48. The third-order valence-corrected chi connectivity index (χ3v) is 11.0. The van der Waals surface area contributed by atoms with Crippen LogP contribution in [0.4, 0.5) is 0 Å². The lowest BCUT2D eigenvalue weighted by Gasteiger charge is -2.22. The van der Waals surface area contributed by atoms with Crippen LogP contribution in [0.25, 0.3) is 0 Å². The molecule has 0 saturated heterocycles. The van der Waals surface area contributed by atoms with Crippen molar-refractivity contribution < 1.29 is 29.4 Å². The van der Waals surface area contributed by atoms with E-state index in [1.807, 2.05) is 0 Å². The number of unbranched alkanes of at least 4 members (excludes halogenated alkanes) is 1. The zero-order valence-corrected chi connectivity index (χ0v) is 28.1. The van der Waals surface area contributed by atoms with E-state index in [0.29, 0.717) is 11.2 Å². The molecular formula is C24H44N2O6S6. The Kier molecular flexibility index (Phi) is 19.2. The molecule has 0 rings (SSSR count). The van der Waals surface area contributed by atoms with E-state index in [4.69, 9.17) is 0 Å². The van der Waals surface area contributed by atoms with Crippen LogP contribution in [0.2, 0.25) is 0 Å². The summed E-state index contributed by atoms with van der Waals surface area (Å²) in [5.74, 6) is -1.10. The van der Waals surface area contributed by atoms with E-state index in [1.54, 1.807) is 49.3 Å². The number of thiol groups is 2. The van der Waals surface area contributed by atoms with Crippen LogP contribution >= 0.6 is 68.4 Å². The van der Waals surface area contributed by atoms with E-state index in [0.717, 1.165) is 37.9 Å². The van der Waals surface area contributed by atoms with Crippen molar-refractivity contribution in [1.29, 1.82) is 0 Å². The third kappa shape index (κ3) is 18.4. The largest absolute Gasteiger partial charge is 0.480 e. The van der Waals surface area contributed by atoms with Gasteiger partial charge in [-0.3, -0.25) is 9.59 Å². The van der Waals surface area contributed by atoms with Crippen molar-refractivity contribution in [3.05, 3.63) is 0 Å². The highest BCUT2D eigenvalue weighted by Gasteiger charge is 2.29. The highest BCUT2D eigenvalue weighted by Crippen LogP contribution is 2.35. The second-order valence-corrected chi connectivity index (χ2v) is 18.0. The van der Waals surface area contributed by atoms with Gasteiger partial charge in [-0.1, -0.05) is 76.3 Å². The molecule has 0 aliphatic carbocycles. The molecule has 0 bridgehead atoms. The van der Waals surface area contributed by atoms with Gasteiger partial charge in [0.25, 0.3) is 0 Å². The number of amides is 2. The van der Waals surface area contributed by atoms with Gasteiger partial charge in [0.05, 0.1) is 9.49 Å². The van der Waals surface area contributed by atoms with Crippen LogP contribution in [0.1, 0.15) is 73.6 Å². The molecule has 38 heavy (non-hydrogen) atoms. The number of aliphatic carboxylic acids is 2. The standard InChI is InChI=1S/C24H44N2O6S6/c1-15(2)9-7-8-10-16(38-37-14-18(20(29)30)26-22(32)24(5,6)34)11-12-35-36-13-17(19(27)28)25-21(31)23(3,4)33/h15-18,33-34H,7-14H2,1-6H3,(H,25,31)(H,26,32)(H,27,28)(H,29,30). The maximum absolute atomic E-state index is 12.2. The molecule has 0 aliphatic heterocycles. The lowest BCUT2D eigenvalue weighted by molar-refractivity contribution is -0.141. The summed E-state index contributed by atoms with van der Waals surface area (Å²) in [6, 6.07) is -1.99. The van der Waals surface area contributed by atoms with Crippen molar-refractivity contribution in [2.45, 2.75) is 100 Å². The summed E-state index contributed by atoms with van der Waals surface area (Å²) < 4.78 is -1.93. The van der Waals surface area contributed by atoms with Crippen molar-refractivity contribution in [2.75, 3.05) is 17.3 Å². The van der Waals surface area contributed by atoms with Crippen LogP contribution in [0.5, 0.6) is 0 Å². The molecule has 3 unspecified atom stereocenters. The Labute approximate surface area is 254 Å². The lowest BCUT2D eigenvalue weighted by atomic mass is 10.0. The van der Waals surface area contributed by atoms with Crippen molar-refractivity contribution in [2.24, 2.45) is 5.92 Å². The molecule has 14 heteroatoms. The van der Waals surface area contributed by atoms with E-state index < -0.39 is 45.3 Å². The molecule has 0 fully saturated rings. The quantitative estimate of drug-likeness (QED) is 0.0555. The van der Waals surface area contributed by atoms with Crippen molar-refractivity contribution in [3.63, 3.8) is 0 Å². The molecule has 8 nitrogen and oxygen atoms in total. The van der Waals surface area contributed by atoms with Crippen molar-refractivity contribution in [3.8, 4) is 0 Å². The summed E-state index contributed by atoms with van der Waals surface area (Å²) in [6.45, 7) is 10.8. The van der Waals surface area contributed by atoms with Gasteiger partial charge in [0.15, 0.2) is 0 Å². The Morgan fingerprint density at radius 2 is 1.18 bits per heavy atom. The molecule has 0 radical (unpaired) electrons. The molecule has 0 aromatic rings. The average molecular weight is 649 g/mol. The normalized spacial score (nSPS) is 14.6. The number of hydrogen-bond acceptors (Lipinski definition) is 10. The summed E-state index contributed by atoms with van der Waals surface area (Å²) in [5.41, 5.74) is 0. The highest BCUT2D eigenvalue weighted by atomic mass is 33.1. The number of carbonyl (C=O) groups is 4. The van der Waals surface area contributed by atoms with E-state index >= 15 is 0 Å². The van der Waals surface area contributed by atoms with E-state index in [-0.39, 0.29) is 11.5 Å². The van der Waals surface area contributed by atoms with E-state index in [1.165, 1.54) is 21.6 Å². The molecule has 0 aliphatic rings. The molecule has 2 amide bonds. The van der Waals surface area contributed by atoms with Gasteiger partial charge in [-0.15, -0.1) is 0 Å². The Hall–Kier alpha value is -0.0200. The molecule has 0 spiro atoms. The number of carboxylic acids is 2. The summed E-state index contributed by atoms with van der Waals surface area (Å²) in [5, 5.41) is 24.3. The zero-order valence-electron chi connectivity index (χ0n) is 23.0. The molecule has 0 aromatic carbocycles. The molecule has 4 N–H and O–H groups in total. The maximum atomic E-state index is 12.2. The molecule has 3 atom stereocenters. The Bertz CT molecular complexity index is 758. The van der Waals surface area contributed by atoms with Crippen LogP contribution in [0.3, 0.4) is 0 Å². The highest BCUT2D eigenvalue weighted by molar-refractivity contribution is 8.77. The smallest absolute Gasteiger partial charge is 0.327 e. The molecular weight excluding hydrogens is 605 g/mol. The van der Waals surface area contributed by atoms with Crippen LogP contribution in [0.15, 0.2) is 0 Å². The SMILES string of the molecule is CC(C)CCCCC(CCSSCC(NC(=O)C(C)(C)S)C(=O)O)SSCC(NC(=O)C(C)(C)S)C(=O)O. The van der Waals surface area contributed by atoms with E-state index in [9.17, 15) is 29.4 Å². The minimum absolute atomic E-state index is 0.234. The number of carbonyl (C=O) groups excluding carboxylic acids is 2. The second kappa shape index (κ2) is 19.2. The first-order valence-electron chi connectivity index (χ1n) is 12.5. The number of nitrogens with one attached hydrogen (secondary N) is 2. The monoisotopic (exact) mass is 648 g/mol. The Morgan fingerprint density at radius 1 is 0.737 bits per heavy atom. The average Bonchev–Trinajstić information content (AvgIpc) is 2.77. The van der Waals surface area contributed by atoms with Gasteiger partial charge in [-0.25, -0.2) is 9.59 Å². The van der Waals surface area contributed by atoms with Gasteiger partial charge in [0.2, 0.25) is 11.8 Å². The fourth-order valence-corrected chi connectivity index (χ4v) is 8.23. The van der Waals surface area contributed by atoms with Gasteiger partial charge in [-0.2, -0.15) is 25.3 Å². The number of rotatable bonds is 21. The molecule has 222 valence electrons. The van der Waals surface area contributed by atoms with Gasteiger partial charge in [-0.05, 0) is 46.5 Å².